The third kappa shape index (κ3) is 4.92. The number of benzene rings is 3. The average molecular weight is 395 g/mol. The van der Waals surface area contributed by atoms with Crippen molar-refractivity contribution in [3.05, 3.63) is 87.7 Å². The van der Waals surface area contributed by atoms with Crippen molar-refractivity contribution in [2.75, 3.05) is 0 Å². The molecule has 3 aromatic rings. The molecule has 1 atom stereocenters. The molecule has 0 unspecified atom stereocenters. The Balaban J connectivity index is 1.71. The molecule has 0 aromatic heterocycles. The zero-order chi connectivity index (χ0) is 21.0. The summed E-state index contributed by atoms with van der Waals surface area (Å²) >= 11 is 0. The summed E-state index contributed by atoms with van der Waals surface area (Å²) in [4.78, 5) is 34.2. The van der Waals surface area contributed by atoms with Crippen LogP contribution in [0.3, 0.4) is 0 Å². The van der Waals surface area contributed by atoms with E-state index in [2.05, 4.69) is 5.32 Å². The minimum absolute atomic E-state index is 0.0399. The van der Waals surface area contributed by atoms with E-state index in [1.807, 2.05) is 42.5 Å². The maximum absolute atomic E-state index is 13.5. The Kier molecular flexibility index (Phi) is 5.82. The Bertz CT molecular complexity index is 1100. The van der Waals surface area contributed by atoms with Crippen LogP contribution in [0, 0.1) is 15.9 Å². The first-order chi connectivity index (χ1) is 13.8. The third-order valence-corrected chi connectivity index (χ3v) is 4.50. The number of nitrogens with one attached hydrogen (secondary N) is 1. The highest BCUT2D eigenvalue weighted by atomic mass is 19.1. The Morgan fingerprint density at radius 1 is 1.03 bits per heavy atom. The molecule has 0 aliphatic rings. The summed E-state index contributed by atoms with van der Waals surface area (Å²) in [6, 6.07) is 15.5. The minimum Gasteiger partial charge on any atom is -0.368 e. The van der Waals surface area contributed by atoms with Gasteiger partial charge in [0.25, 0.3) is 0 Å². The van der Waals surface area contributed by atoms with Crippen LogP contribution in [-0.4, -0.2) is 22.8 Å². The maximum atomic E-state index is 13.5. The first-order valence-electron chi connectivity index (χ1n) is 8.82. The molecule has 0 heterocycles. The van der Waals surface area contributed by atoms with Crippen molar-refractivity contribution >= 4 is 28.3 Å². The van der Waals surface area contributed by atoms with E-state index < -0.39 is 34.3 Å². The van der Waals surface area contributed by atoms with Gasteiger partial charge in [0, 0.05) is 12.5 Å². The summed E-state index contributed by atoms with van der Waals surface area (Å²) in [5.41, 5.74) is 5.74. The number of nitro groups is 1. The van der Waals surface area contributed by atoms with Crippen LogP contribution in [0.2, 0.25) is 0 Å². The molecule has 3 rings (SSSR count). The van der Waals surface area contributed by atoms with Crippen molar-refractivity contribution in [2.24, 2.45) is 5.73 Å². The molecule has 0 saturated heterocycles. The summed E-state index contributed by atoms with van der Waals surface area (Å²) in [5, 5.41) is 15.5. The topological polar surface area (TPSA) is 115 Å². The highest BCUT2D eigenvalue weighted by Crippen LogP contribution is 2.20. The molecule has 0 aliphatic carbocycles. The van der Waals surface area contributed by atoms with Gasteiger partial charge in [0.2, 0.25) is 17.6 Å². The van der Waals surface area contributed by atoms with E-state index in [4.69, 9.17) is 5.73 Å². The van der Waals surface area contributed by atoms with Crippen LogP contribution >= 0.6 is 0 Å². The van der Waals surface area contributed by atoms with Gasteiger partial charge in [-0.25, -0.2) is 0 Å². The van der Waals surface area contributed by atoms with Gasteiger partial charge in [0.05, 0.1) is 11.3 Å². The van der Waals surface area contributed by atoms with Gasteiger partial charge in [0.1, 0.15) is 6.04 Å². The molecule has 29 heavy (non-hydrogen) atoms. The number of fused-ring (bicyclic) bond motifs is 1. The summed E-state index contributed by atoms with van der Waals surface area (Å²) in [6.07, 6.45) is -0.0436. The number of hydrogen-bond donors (Lipinski definition) is 2. The molecule has 0 bridgehead atoms. The van der Waals surface area contributed by atoms with Crippen LogP contribution in [0.1, 0.15) is 11.1 Å². The van der Waals surface area contributed by atoms with Crippen LogP contribution in [0.25, 0.3) is 10.8 Å². The molecule has 7 nitrogen and oxygen atoms in total. The zero-order valence-electron chi connectivity index (χ0n) is 15.3. The maximum Gasteiger partial charge on any atom is 0.305 e. The lowest BCUT2D eigenvalue weighted by atomic mass is 10.0. The standard InChI is InChI=1S/C21H18FN3O4/c22-17-8-6-14(11-19(17)25(28)29)10-18(21(23)27)24-20(26)12-13-5-7-15-3-1-2-4-16(15)9-13/h1-9,11,18H,10,12H2,(H2,23,27)(H,24,26)/t18-/m0/s1. The number of rotatable bonds is 7. The van der Waals surface area contributed by atoms with Crippen LogP contribution in [0.15, 0.2) is 60.7 Å². The Morgan fingerprint density at radius 2 is 1.72 bits per heavy atom. The normalized spacial score (nSPS) is 11.8. The van der Waals surface area contributed by atoms with Crippen molar-refractivity contribution in [2.45, 2.75) is 18.9 Å². The van der Waals surface area contributed by atoms with Crippen LogP contribution < -0.4 is 11.1 Å². The van der Waals surface area contributed by atoms with E-state index in [9.17, 15) is 24.1 Å². The van der Waals surface area contributed by atoms with E-state index in [-0.39, 0.29) is 12.8 Å². The lowest BCUT2D eigenvalue weighted by molar-refractivity contribution is -0.387. The molecular formula is C21H18FN3O4. The first-order valence-corrected chi connectivity index (χ1v) is 8.82. The lowest BCUT2D eigenvalue weighted by Crippen LogP contribution is -2.46. The van der Waals surface area contributed by atoms with Crippen LogP contribution in [0.4, 0.5) is 10.1 Å². The van der Waals surface area contributed by atoms with E-state index in [1.165, 1.54) is 6.07 Å². The summed E-state index contributed by atoms with van der Waals surface area (Å²) in [7, 11) is 0. The number of hydrogen-bond acceptors (Lipinski definition) is 4. The highest BCUT2D eigenvalue weighted by Gasteiger charge is 2.21. The number of nitro benzene ring substituents is 1. The molecule has 0 radical (unpaired) electrons. The summed E-state index contributed by atoms with van der Waals surface area (Å²) in [6.45, 7) is 0. The second-order valence-corrected chi connectivity index (χ2v) is 6.63. The summed E-state index contributed by atoms with van der Waals surface area (Å²) in [5.74, 6) is -2.18. The van der Waals surface area contributed by atoms with Crippen molar-refractivity contribution in [1.82, 2.24) is 5.32 Å². The summed E-state index contributed by atoms with van der Waals surface area (Å²) < 4.78 is 13.5. The average Bonchev–Trinajstić information content (AvgIpc) is 2.68. The fraction of sp³-hybridized carbons (Fsp3) is 0.143. The van der Waals surface area contributed by atoms with E-state index in [0.717, 1.165) is 28.5 Å². The van der Waals surface area contributed by atoms with Gasteiger partial charge in [-0.15, -0.1) is 0 Å². The number of amides is 2. The molecule has 148 valence electrons. The second-order valence-electron chi connectivity index (χ2n) is 6.63. The van der Waals surface area contributed by atoms with Gasteiger partial charge in [-0.1, -0.05) is 48.5 Å². The van der Waals surface area contributed by atoms with E-state index in [1.54, 1.807) is 0 Å². The fourth-order valence-corrected chi connectivity index (χ4v) is 3.06. The minimum atomic E-state index is -1.08. The third-order valence-electron chi connectivity index (χ3n) is 4.50. The number of primary amides is 1. The molecule has 0 fully saturated rings. The number of carbonyl (C=O) groups excluding carboxylic acids is 2. The smallest absolute Gasteiger partial charge is 0.305 e. The number of nitrogens with two attached hydrogens (primary N) is 1. The highest BCUT2D eigenvalue weighted by molar-refractivity contribution is 5.89. The number of carbonyl (C=O) groups is 2. The number of halogens is 1. The lowest BCUT2D eigenvalue weighted by Gasteiger charge is -2.16. The van der Waals surface area contributed by atoms with E-state index >= 15 is 0 Å². The molecule has 0 spiro atoms. The molecule has 0 aliphatic heterocycles. The molecule has 2 amide bonds. The van der Waals surface area contributed by atoms with Gasteiger partial charge in [0.15, 0.2) is 0 Å². The fourth-order valence-electron chi connectivity index (χ4n) is 3.06. The van der Waals surface area contributed by atoms with Crippen molar-refractivity contribution in [1.29, 1.82) is 0 Å². The monoisotopic (exact) mass is 395 g/mol. The van der Waals surface area contributed by atoms with Crippen molar-refractivity contribution in [3.63, 3.8) is 0 Å². The SMILES string of the molecule is NC(=O)[C@H](Cc1ccc(F)c([N+](=O)[O-])c1)NC(=O)Cc1ccc2ccccc2c1. The molecular weight excluding hydrogens is 377 g/mol. The van der Waals surface area contributed by atoms with Crippen LogP contribution in [-0.2, 0) is 22.4 Å². The molecule has 3 aromatic carbocycles. The first kappa shape index (κ1) is 19.9. The number of nitrogens with zero attached hydrogens (tertiary/aromatic N) is 1. The van der Waals surface area contributed by atoms with E-state index in [0.29, 0.717) is 5.56 Å². The predicted molar refractivity (Wildman–Crippen MR) is 106 cm³/mol. The van der Waals surface area contributed by atoms with Gasteiger partial charge in [-0.05, 0) is 28.0 Å². The van der Waals surface area contributed by atoms with Crippen molar-refractivity contribution < 1.29 is 18.9 Å². The Morgan fingerprint density at radius 3 is 2.41 bits per heavy atom. The zero-order valence-corrected chi connectivity index (χ0v) is 15.3. The van der Waals surface area contributed by atoms with Crippen LogP contribution in [0.5, 0.6) is 0 Å². The quantitative estimate of drug-likeness (QED) is 0.473. The molecule has 0 saturated carbocycles. The molecule has 3 N–H and O–H groups in total. The van der Waals surface area contributed by atoms with Gasteiger partial charge >= 0.3 is 5.69 Å². The van der Waals surface area contributed by atoms with Crippen molar-refractivity contribution in [3.8, 4) is 0 Å². The molecule has 8 heteroatoms. The van der Waals surface area contributed by atoms with Gasteiger partial charge in [-0.2, -0.15) is 4.39 Å². The largest absolute Gasteiger partial charge is 0.368 e. The van der Waals surface area contributed by atoms with Gasteiger partial charge in [-0.3, -0.25) is 19.7 Å². The van der Waals surface area contributed by atoms with Gasteiger partial charge < -0.3 is 11.1 Å². The Labute approximate surface area is 165 Å². The predicted octanol–water partition coefficient (Wildman–Crippen LogP) is 2.64. The second kappa shape index (κ2) is 8.47. The Hall–Kier alpha value is -3.81.